The average Bonchev–Trinajstić information content (AvgIpc) is 3.32. The van der Waals surface area contributed by atoms with Gasteiger partial charge in [0, 0.05) is 55.8 Å². The molecule has 1 amide bonds. The summed E-state index contributed by atoms with van der Waals surface area (Å²) in [4.78, 5) is 31.7. The molecule has 0 bridgehead atoms. The predicted molar refractivity (Wildman–Crippen MR) is 117 cm³/mol. The molecular weight excluding hydrogens is 416 g/mol. The van der Waals surface area contributed by atoms with Crippen LogP contribution in [0.3, 0.4) is 0 Å². The van der Waals surface area contributed by atoms with E-state index in [9.17, 15) is 14.9 Å². The van der Waals surface area contributed by atoms with Crippen LogP contribution in [-0.4, -0.2) is 51.8 Å². The minimum absolute atomic E-state index is 0.0193. The largest absolute Gasteiger partial charge is 0.487 e. The standard InChI is InChI=1S/C22H22N4O4S/c27-22(18-4-2-6-21(12-18)30-14-19-15-31-16-23-19)25-9-7-24(8-10-25)13-17-3-1-5-20(11-17)26(28)29/h1-6,11-12,15-16H,7-10,13-14H2. The number of amides is 1. The van der Waals surface area contributed by atoms with E-state index in [0.717, 1.165) is 11.3 Å². The number of non-ortho nitro benzene ring substituents is 1. The van der Waals surface area contributed by atoms with Gasteiger partial charge in [-0.1, -0.05) is 18.2 Å². The summed E-state index contributed by atoms with van der Waals surface area (Å²) in [5.74, 6) is 0.622. The minimum atomic E-state index is -0.380. The van der Waals surface area contributed by atoms with Gasteiger partial charge in [-0.3, -0.25) is 19.8 Å². The molecule has 9 heteroatoms. The Bertz CT molecular complexity index is 1050. The van der Waals surface area contributed by atoms with Gasteiger partial charge in [0.25, 0.3) is 11.6 Å². The summed E-state index contributed by atoms with van der Waals surface area (Å²) in [5.41, 5.74) is 4.23. The number of hydrogen-bond donors (Lipinski definition) is 0. The van der Waals surface area contributed by atoms with Crippen LogP contribution < -0.4 is 4.74 Å². The van der Waals surface area contributed by atoms with Crippen LogP contribution in [0.2, 0.25) is 0 Å². The van der Waals surface area contributed by atoms with Gasteiger partial charge in [-0.25, -0.2) is 4.98 Å². The van der Waals surface area contributed by atoms with Crippen molar-refractivity contribution in [2.45, 2.75) is 13.2 Å². The van der Waals surface area contributed by atoms with Crippen molar-refractivity contribution in [1.82, 2.24) is 14.8 Å². The zero-order chi connectivity index (χ0) is 21.6. The third-order valence-electron chi connectivity index (χ3n) is 5.14. The number of thiazole rings is 1. The van der Waals surface area contributed by atoms with Gasteiger partial charge < -0.3 is 9.64 Å². The van der Waals surface area contributed by atoms with Crippen molar-refractivity contribution in [2.75, 3.05) is 26.2 Å². The van der Waals surface area contributed by atoms with E-state index in [-0.39, 0.29) is 16.5 Å². The summed E-state index contributed by atoms with van der Waals surface area (Å²) >= 11 is 1.52. The maximum atomic E-state index is 12.9. The number of ether oxygens (including phenoxy) is 1. The molecule has 0 unspecified atom stereocenters. The first-order chi connectivity index (χ1) is 15.1. The highest BCUT2D eigenvalue weighted by Gasteiger charge is 2.23. The van der Waals surface area contributed by atoms with E-state index < -0.39 is 0 Å². The van der Waals surface area contributed by atoms with E-state index in [0.29, 0.717) is 50.6 Å². The Kier molecular flexibility index (Phi) is 6.54. The van der Waals surface area contributed by atoms with Crippen LogP contribution >= 0.6 is 11.3 Å². The van der Waals surface area contributed by atoms with Crippen LogP contribution in [0.25, 0.3) is 0 Å². The fourth-order valence-corrected chi connectivity index (χ4v) is 4.05. The Hall–Kier alpha value is -3.30. The summed E-state index contributed by atoms with van der Waals surface area (Å²) in [6.07, 6.45) is 0. The molecule has 8 nitrogen and oxygen atoms in total. The summed E-state index contributed by atoms with van der Waals surface area (Å²) in [6, 6.07) is 13.9. The van der Waals surface area contributed by atoms with Crippen molar-refractivity contribution in [1.29, 1.82) is 0 Å². The molecular formula is C22H22N4O4S. The van der Waals surface area contributed by atoms with Crippen molar-refractivity contribution < 1.29 is 14.5 Å². The van der Waals surface area contributed by atoms with E-state index in [4.69, 9.17) is 4.74 Å². The normalized spacial score (nSPS) is 14.4. The monoisotopic (exact) mass is 438 g/mol. The molecule has 0 radical (unpaired) electrons. The molecule has 1 aliphatic rings. The lowest BCUT2D eigenvalue weighted by Gasteiger charge is -2.34. The van der Waals surface area contributed by atoms with E-state index >= 15 is 0 Å². The molecule has 0 N–H and O–H groups in total. The molecule has 0 spiro atoms. The lowest BCUT2D eigenvalue weighted by molar-refractivity contribution is -0.384. The van der Waals surface area contributed by atoms with Gasteiger partial charge in [0.2, 0.25) is 0 Å². The Balaban J connectivity index is 1.31. The summed E-state index contributed by atoms with van der Waals surface area (Å²) in [7, 11) is 0. The van der Waals surface area contributed by atoms with Crippen molar-refractivity contribution >= 4 is 22.9 Å². The summed E-state index contributed by atoms with van der Waals surface area (Å²) in [5, 5.41) is 12.9. The van der Waals surface area contributed by atoms with Gasteiger partial charge in [0.05, 0.1) is 16.1 Å². The average molecular weight is 439 g/mol. The molecule has 160 valence electrons. The van der Waals surface area contributed by atoms with Gasteiger partial charge in [-0.15, -0.1) is 11.3 Å². The maximum Gasteiger partial charge on any atom is 0.269 e. The number of rotatable bonds is 7. The second-order valence-corrected chi connectivity index (χ2v) is 8.01. The number of benzene rings is 2. The van der Waals surface area contributed by atoms with E-state index in [1.165, 1.54) is 17.4 Å². The third-order valence-corrected chi connectivity index (χ3v) is 5.77. The molecule has 4 rings (SSSR count). The highest BCUT2D eigenvalue weighted by molar-refractivity contribution is 7.07. The zero-order valence-corrected chi connectivity index (χ0v) is 17.7. The van der Waals surface area contributed by atoms with Gasteiger partial charge >= 0.3 is 0 Å². The van der Waals surface area contributed by atoms with Crippen LogP contribution in [0.1, 0.15) is 21.6 Å². The summed E-state index contributed by atoms with van der Waals surface area (Å²) < 4.78 is 5.76. The minimum Gasteiger partial charge on any atom is -0.487 e. The number of hydrogen-bond acceptors (Lipinski definition) is 7. The molecule has 3 aromatic rings. The number of piperazine rings is 1. The lowest BCUT2D eigenvalue weighted by Crippen LogP contribution is -2.48. The molecule has 2 heterocycles. The SMILES string of the molecule is O=C(c1cccc(OCc2cscn2)c1)N1CCN(Cc2cccc([N+](=O)[O-])c2)CC1. The first-order valence-electron chi connectivity index (χ1n) is 9.93. The molecule has 0 atom stereocenters. The molecule has 1 saturated heterocycles. The second kappa shape index (κ2) is 9.67. The molecule has 1 aromatic heterocycles. The molecule has 0 aliphatic carbocycles. The number of aromatic nitrogens is 1. The smallest absolute Gasteiger partial charge is 0.269 e. The maximum absolute atomic E-state index is 12.9. The Morgan fingerprint density at radius 2 is 1.94 bits per heavy atom. The molecule has 1 fully saturated rings. The van der Waals surface area contributed by atoms with Crippen molar-refractivity contribution in [2.24, 2.45) is 0 Å². The lowest BCUT2D eigenvalue weighted by atomic mass is 10.1. The van der Waals surface area contributed by atoms with Gasteiger partial charge in [-0.2, -0.15) is 0 Å². The van der Waals surface area contributed by atoms with Crippen molar-refractivity contribution in [3.05, 3.63) is 86.4 Å². The number of nitro groups is 1. The van der Waals surface area contributed by atoms with E-state index in [1.54, 1.807) is 29.8 Å². The highest BCUT2D eigenvalue weighted by Crippen LogP contribution is 2.19. The Morgan fingerprint density at radius 1 is 1.13 bits per heavy atom. The molecule has 31 heavy (non-hydrogen) atoms. The van der Waals surface area contributed by atoms with Crippen LogP contribution in [0.4, 0.5) is 5.69 Å². The van der Waals surface area contributed by atoms with Gasteiger partial charge in [-0.05, 0) is 23.8 Å². The highest BCUT2D eigenvalue weighted by atomic mass is 32.1. The van der Waals surface area contributed by atoms with Crippen LogP contribution in [0, 0.1) is 10.1 Å². The van der Waals surface area contributed by atoms with Crippen LogP contribution in [-0.2, 0) is 13.2 Å². The Labute approximate surface area is 183 Å². The zero-order valence-electron chi connectivity index (χ0n) is 16.8. The van der Waals surface area contributed by atoms with Gasteiger partial charge in [0.15, 0.2) is 0 Å². The number of carbonyl (C=O) groups is 1. The van der Waals surface area contributed by atoms with E-state index in [2.05, 4.69) is 9.88 Å². The first kappa shape index (κ1) is 21.0. The number of nitro benzene ring substituents is 1. The quantitative estimate of drug-likeness (QED) is 0.414. The number of carbonyl (C=O) groups excluding carboxylic acids is 1. The fraction of sp³-hybridized carbons (Fsp3) is 0.273. The van der Waals surface area contributed by atoms with Crippen molar-refractivity contribution in [3.8, 4) is 5.75 Å². The predicted octanol–water partition coefficient (Wildman–Crippen LogP) is 3.59. The second-order valence-electron chi connectivity index (χ2n) is 7.29. The fourth-order valence-electron chi connectivity index (χ4n) is 3.50. The summed E-state index contributed by atoms with van der Waals surface area (Å²) in [6.45, 7) is 3.65. The van der Waals surface area contributed by atoms with Gasteiger partial charge in [0.1, 0.15) is 12.4 Å². The van der Waals surface area contributed by atoms with Crippen LogP contribution in [0.5, 0.6) is 5.75 Å². The molecule has 0 saturated carbocycles. The Morgan fingerprint density at radius 3 is 2.68 bits per heavy atom. The van der Waals surface area contributed by atoms with E-state index in [1.807, 2.05) is 28.5 Å². The van der Waals surface area contributed by atoms with Crippen molar-refractivity contribution in [3.63, 3.8) is 0 Å². The molecule has 1 aliphatic heterocycles. The molecule has 2 aromatic carbocycles. The van der Waals surface area contributed by atoms with Crippen LogP contribution in [0.15, 0.2) is 59.4 Å². The first-order valence-corrected chi connectivity index (χ1v) is 10.9. The number of nitrogens with zero attached hydrogens (tertiary/aromatic N) is 4. The third kappa shape index (κ3) is 5.44. The topological polar surface area (TPSA) is 88.8 Å².